The highest BCUT2D eigenvalue weighted by Crippen LogP contribution is 2.19. The van der Waals surface area contributed by atoms with Gasteiger partial charge in [0.15, 0.2) is 0 Å². The SMILES string of the molecule is O=C(NC(Cc1ccccc1)C(O)/C=C\C(O)C(/C=C/S(=O)(=O)N1CCOCC1)CCc1ccccc1)N1CCOCC1. The Morgan fingerprint density at radius 1 is 0.814 bits per heavy atom. The molecule has 0 aliphatic carbocycles. The Morgan fingerprint density at radius 3 is 2.00 bits per heavy atom. The molecule has 2 aliphatic rings. The molecular weight excluding hydrogens is 570 g/mol. The van der Waals surface area contributed by atoms with E-state index in [1.807, 2.05) is 60.7 Å². The van der Waals surface area contributed by atoms with Crippen LogP contribution in [0.2, 0.25) is 0 Å². The summed E-state index contributed by atoms with van der Waals surface area (Å²) in [6.45, 7) is 3.13. The molecular formula is C32H43N3O7S. The number of hydrogen-bond donors (Lipinski definition) is 3. The molecule has 11 heteroatoms. The molecule has 0 saturated carbocycles. The third-order valence-corrected chi connectivity index (χ3v) is 9.28. The van der Waals surface area contributed by atoms with Gasteiger partial charge in [0.1, 0.15) is 0 Å². The summed E-state index contributed by atoms with van der Waals surface area (Å²) < 4.78 is 37.9. The zero-order chi connectivity index (χ0) is 30.5. The van der Waals surface area contributed by atoms with E-state index in [9.17, 15) is 23.4 Å². The normalized spacial score (nSPS) is 19.7. The molecule has 2 fully saturated rings. The van der Waals surface area contributed by atoms with Crippen LogP contribution in [0.5, 0.6) is 0 Å². The maximum atomic E-state index is 13.0. The molecule has 0 spiro atoms. The quantitative estimate of drug-likeness (QED) is 0.296. The molecule has 2 heterocycles. The predicted molar refractivity (Wildman–Crippen MR) is 165 cm³/mol. The van der Waals surface area contributed by atoms with E-state index in [0.717, 1.165) is 11.1 Å². The number of hydrogen-bond acceptors (Lipinski definition) is 7. The summed E-state index contributed by atoms with van der Waals surface area (Å²) in [5.74, 6) is -0.532. The number of carbonyl (C=O) groups is 1. The van der Waals surface area contributed by atoms with Gasteiger partial charge in [-0.2, -0.15) is 4.31 Å². The Labute approximate surface area is 254 Å². The molecule has 4 atom stereocenters. The molecule has 4 unspecified atom stereocenters. The van der Waals surface area contributed by atoms with Crippen LogP contribution in [0.1, 0.15) is 17.5 Å². The summed E-state index contributed by atoms with van der Waals surface area (Å²) in [6, 6.07) is 18.4. The Bertz CT molecular complexity index is 1280. The number of nitrogens with zero attached hydrogens (tertiary/aromatic N) is 2. The van der Waals surface area contributed by atoms with E-state index in [1.165, 1.54) is 27.9 Å². The minimum atomic E-state index is -3.67. The molecule has 43 heavy (non-hydrogen) atoms. The number of nitrogens with one attached hydrogen (secondary N) is 1. The maximum absolute atomic E-state index is 13.0. The van der Waals surface area contributed by atoms with Gasteiger partial charge in [0.25, 0.3) is 0 Å². The molecule has 2 aromatic carbocycles. The third-order valence-electron chi connectivity index (χ3n) is 7.70. The number of sulfonamides is 1. The van der Waals surface area contributed by atoms with Crippen molar-refractivity contribution in [3.05, 3.63) is 95.4 Å². The topological polar surface area (TPSA) is 129 Å². The number of amides is 2. The Balaban J connectivity index is 1.48. The van der Waals surface area contributed by atoms with Gasteiger partial charge in [-0.15, -0.1) is 0 Å². The van der Waals surface area contributed by atoms with Crippen molar-refractivity contribution in [2.24, 2.45) is 5.92 Å². The molecule has 2 aromatic rings. The van der Waals surface area contributed by atoms with Crippen molar-refractivity contribution in [2.45, 2.75) is 37.5 Å². The van der Waals surface area contributed by atoms with E-state index < -0.39 is 34.2 Å². The molecule has 0 aromatic heterocycles. The van der Waals surface area contributed by atoms with Gasteiger partial charge in [0, 0.05) is 37.5 Å². The Hall–Kier alpha value is -3.06. The number of carbonyl (C=O) groups excluding carboxylic acids is 1. The van der Waals surface area contributed by atoms with Crippen molar-refractivity contribution in [2.75, 3.05) is 52.6 Å². The van der Waals surface area contributed by atoms with E-state index in [4.69, 9.17) is 9.47 Å². The van der Waals surface area contributed by atoms with Gasteiger partial charge in [-0.1, -0.05) is 78.9 Å². The van der Waals surface area contributed by atoms with Gasteiger partial charge in [0.2, 0.25) is 10.0 Å². The number of aryl methyl sites for hydroxylation is 1. The zero-order valence-electron chi connectivity index (χ0n) is 24.4. The zero-order valence-corrected chi connectivity index (χ0v) is 25.2. The van der Waals surface area contributed by atoms with Crippen LogP contribution < -0.4 is 5.32 Å². The molecule has 234 valence electrons. The highest BCUT2D eigenvalue weighted by Gasteiger charge is 2.26. The number of benzene rings is 2. The lowest BCUT2D eigenvalue weighted by Gasteiger charge is -2.30. The minimum absolute atomic E-state index is 0.283. The second kappa shape index (κ2) is 16.7. The van der Waals surface area contributed by atoms with E-state index in [-0.39, 0.29) is 19.1 Å². The summed E-state index contributed by atoms with van der Waals surface area (Å²) in [5.41, 5.74) is 2.02. The fourth-order valence-electron chi connectivity index (χ4n) is 5.09. The molecule has 2 aliphatic heterocycles. The highest BCUT2D eigenvalue weighted by molar-refractivity contribution is 7.92. The van der Waals surface area contributed by atoms with Crippen LogP contribution in [0, 0.1) is 5.92 Å². The first-order valence-electron chi connectivity index (χ1n) is 14.8. The van der Waals surface area contributed by atoms with E-state index in [1.54, 1.807) is 4.90 Å². The standard InChI is InChI=1S/C32H43N3O7S/c36-30(28(12-11-26-7-3-1-4-8-26)15-24-43(39,40)35-18-22-42-23-19-35)13-14-31(37)29(25-27-9-5-2-6-10-27)33-32(38)34-16-20-41-21-17-34/h1-10,13-15,24,28-31,36-37H,11-12,16-23,25H2,(H,33,38)/b14-13-,24-15+. The number of ether oxygens (including phenoxy) is 2. The molecule has 10 nitrogen and oxygen atoms in total. The van der Waals surface area contributed by atoms with Gasteiger partial charge < -0.3 is 29.9 Å². The number of rotatable bonds is 13. The van der Waals surface area contributed by atoms with E-state index >= 15 is 0 Å². The summed E-state index contributed by atoms with van der Waals surface area (Å²) in [7, 11) is -3.67. The monoisotopic (exact) mass is 613 g/mol. The van der Waals surface area contributed by atoms with Crippen LogP contribution in [0.3, 0.4) is 0 Å². The molecule has 4 rings (SSSR count). The van der Waals surface area contributed by atoms with Crippen molar-refractivity contribution in [3.8, 4) is 0 Å². The second-order valence-electron chi connectivity index (χ2n) is 10.8. The van der Waals surface area contributed by atoms with E-state index in [0.29, 0.717) is 58.8 Å². The lowest BCUT2D eigenvalue weighted by Crippen LogP contribution is -2.52. The lowest BCUT2D eigenvalue weighted by atomic mass is 9.93. The van der Waals surface area contributed by atoms with Gasteiger partial charge in [-0.25, -0.2) is 13.2 Å². The van der Waals surface area contributed by atoms with Gasteiger partial charge in [0.05, 0.1) is 44.7 Å². The van der Waals surface area contributed by atoms with Crippen LogP contribution in [-0.4, -0.2) is 105 Å². The summed E-state index contributed by atoms with van der Waals surface area (Å²) in [5, 5.41) is 26.5. The fourth-order valence-corrected chi connectivity index (χ4v) is 6.32. The van der Waals surface area contributed by atoms with Crippen LogP contribution in [0.15, 0.2) is 84.3 Å². The van der Waals surface area contributed by atoms with Crippen LogP contribution in [0.4, 0.5) is 4.79 Å². The largest absolute Gasteiger partial charge is 0.388 e. The number of aliphatic hydroxyl groups excluding tert-OH is 2. The Morgan fingerprint density at radius 2 is 1.37 bits per heavy atom. The lowest BCUT2D eigenvalue weighted by molar-refractivity contribution is 0.0508. The minimum Gasteiger partial charge on any atom is -0.388 e. The highest BCUT2D eigenvalue weighted by atomic mass is 32.2. The first kappa shape index (κ1) is 32.8. The number of aliphatic hydroxyl groups is 2. The molecule has 3 N–H and O–H groups in total. The summed E-state index contributed by atoms with van der Waals surface area (Å²) in [4.78, 5) is 14.6. The second-order valence-corrected chi connectivity index (χ2v) is 12.6. The van der Waals surface area contributed by atoms with Crippen LogP contribution >= 0.6 is 0 Å². The van der Waals surface area contributed by atoms with Crippen molar-refractivity contribution >= 4 is 16.1 Å². The van der Waals surface area contributed by atoms with Crippen molar-refractivity contribution < 1.29 is 32.9 Å². The van der Waals surface area contributed by atoms with Crippen LogP contribution in [-0.2, 0) is 32.3 Å². The van der Waals surface area contributed by atoms with Crippen LogP contribution in [0.25, 0.3) is 0 Å². The maximum Gasteiger partial charge on any atom is 0.317 e. The fraction of sp³-hybridized carbons (Fsp3) is 0.469. The molecule has 0 bridgehead atoms. The number of morpholine rings is 2. The number of urea groups is 1. The summed E-state index contributed by atoms with van der Waals surface area (Å²) in [6.07, 6.45) is 3.85. The molecule has 2 amide bonds. The molecule has 2 saturated heterocycles. The third kappa shape index (κ3) is 10.6. The van der Waals surface area contributed by atoms with Crippen molar-refractivity contribution in [1.82, 2.24) is 14.5 Å². The van der Waals surface area contributed by atoms with Gasteiger partial charge in [-0.05, 0) is 30.4 Å². The average Bonchev–Trinajstić information content (AvgIpc) is 3.05. The first-order valence-corrected chi connectivity index (χ1v) is 16.3. The Kier molecular flexibility index (Phi) is 12.8. The predicted octanol–water partition coefficient (Wildman–Crippen LogP) is 2.34. The van der Waals surface area contributed by atoms with Gasteiger partial charge in [-0.3, -0.25) is 0 Å². The van der Waals surface area contributed by atoms with Gasteiger partial charge >= 0.3 is 6.03 Å². The average molecular weight is 614 g/mol. The van der Waals surface area contributed by atoms with Crippen molar-refractivity contribution in [1.29, 1.82) is 0 Å². The molecule has 0 radical (unpaired) electrons. The first-order chi connectivity index (χ1) is 20.8. The smallest absolute Gasteiger partial charge is 0.317 e. The summed E-state index contributed by atoms with van der Waals surface area (Å²) >= 11 is 0. The van der Waals surface area contributed by atoms with Crippen molar-refractivity contribution in [3.63, 3.8) is 0 Å². The van der Waals surface area contributed by atoms with E-state index in [2.05, 4.69) is 5.32 Å².